The summed E-state index contributed by atoms with van der Waals surface area (Å²) in [5, 5.41) is 9.46. The summed E-state index contributed by atoms with van der Waals surface area (Å²) in [6, 6.07) is 12.2. The summed E-state index contributed by atoms with van der Waals surface area (Å²) in [7, 11) is 2.02. The minimum Gasteiger partial charge on any atom is -0.392 e. The zero-order chi connectivity index (χ0) is 13.8. The number of nitrogens with zero attached hydrogens (tertiary/aromatic N) is 2. The second kappa shape index (κ2) is 5.85. The highest BCUT2D eigenvalue weighted by molar-refractivity contribution is 5.54. The maximum absolute atomic E-state index is 9.46. The maximum Gasteiger partial charge on any atom is 0.0702 e. The van der Waals surface area contributed by atoms with E-state index in [0.717, 1.165) is 34.7 Å². The summed E-state index contributed by atoms with van der Waals surface area (Å²) < 4.78 is 0. The largest absolute Gasteiger partial charge is 0.392 e. The number of pyridine rings is 1. The first-order valence-electron chi connectivity index (χ1n) is 6.44. The molecule has 0 unspecified atom stereocenters. The molecule has 0 radical (unpaired) electrons. The van der Waals surface area contributed by atoms with Crippen molar-refractivity contribution in [3.63, 3.8) is 0 Å². The second-order valence-electron chi connectivity index (χ2n) is 4.92. The van der Waals surface area contributed by atoms with Gasteiger partial charge < -0.3 is 10.0 Å². The third kappa shape index (κ3) is 3.32. The van der Waals surface area contributed by atoms with E-state index in [1.54, 1.807) is 0 Å². The Hall–Kier alpha value is -1.87. The Balaban J connectivity index is 2.22. The van der Waals surface area contributed by atoms with E-state index < -0.39 is 0 Å². The van der Waals surface area contributed by atoms with E-state index in [1.165, 1.54) is 0 Å². The number of aliphatic hydroxyl groups is 1. The van der Waals surface area contributed by atoms with Crippen LogP contribution in [0.15, 0.2) is 36.4 Å². The summed E-state index contributed by atoms with van der Waals surface area (Å²) >= 11 is 0. The summed E-state index contributed by atoms with van der Waals surface area (Å²) in [5.41, 5.74) is 5.23. The molecule has 3 nitrogen and oxygen atoms in total. The van der Waals surface area contributed by atoms with Crippen LogP contribution in [0, 0.1) is 13.8 Å². The third-order valence-electron chi connectivity index (χ3n) is 3.16. The van der Waals surface area contributed by atoms with Gasteiger partial charge in [-0.2, -0.15) is 0 Å². The molecule has 0 saturated heterocycles. The van der Waals surface area contributed by atoms with Crippen LogP contribution < -0.4 is 4.90 Å². The van der Waals surface area contributed by atoms with Crippen molar-refractivity contribution in [1.82, 2.24) is 4.98 Å². The third-order valence-corrected chi connectivity index (χ3v) is 3.16. The Morgan fingerprint density at radius 3 is 2.63 bits per heavy atom. The normalized spacial score (nSPS) is 10.5. The molecule has 0 aliphatic rings. The van der Waals surface area contributed by atoms with E-state index in [1.807, 2.05) is 45.2 Å². The first-order valence-corrected chi connectivity index (χ1v) is 6.44. The zero-order valence-electron chi connectivity index (χ0n) is 11.7. The van der Waals surface area contributed by atoms with Crippen LogP contribution in [0.4, 0.5) is 5.69 Å². The molecule has 0 spiro atoms. The van der Waals surface area contributed by atoms with Crippen LogP contribution in [0.1, 0.15) is 22.5 Å². The smallest absolute Gasteiger partial charge is 0.0702 e. The van der Waals surface area contributed by atoms with Crippen molar-refractivity contribution in [3.8, 4) is 0 Å². The van der Waals surface area contributed by atoms with Crippen molar-refractivity contribution < 1.29 is 5.11 Å². The molecule has 0 fully saturated rings. The number of rotatable bonds is 4. The molecule has 1 aromatic heterocycles. The monoisotopic (exact) mass is 256 g/mol. The minimum atomic E-state index is 0.0581. The van der Waals surface area contributed by atoms with Crippen LogP contribution in [0.3, 0.4) is 0 Å². The number of hydrogen-bond donors (Lipinski definition) is 1. The van der Waals surface area contributed by atoms with Gasteiger partial charge in [-0.05, 0) is 32.0 Å². The van der Waals surface area contributed by atoms with Gasteiger partial charge in [0.05, 0.1) is 18.8 Å². The number of anilines is 1. The Kier molecular flexibility index (Phi) is 4.17. The molecule has 0 bridgehead atoms. The van der Waals surface area contributed by atoms with E-state index in [-0.39, 0.29) is 6.61 Å². The summed E-state index contributed by atoms with van der Waals surface area (Å²) in [4.78, 5) is 6.63. The molecule has 0 aliphatic carbocycles. The van der Waals surface area contributed by atoms with E-state index in [4.69, 9.17) is 0 Å². The predicted octanol–water partition coefficient (Wildman–Crippen LogP) is 2.83. The maximum atomic E-state index is 9.46. The fraction of sp³-hybridized carbons (Fsp3) is 0.312. The minimum absolute atomic E-state index is 0.0581. The number of aliphatic hydroxyl groups excluding tert-OH is 1. The molecule has 0 atom stereocenters. The van der Waals surface area contributed by atoms with Gasteiger partial charge >= 0.3 is 0 Å². The fourth-order valence-corrected chi connectivity index (χ4v) is 2.23. The fourth-order valence-electron chi connectivity index (χ4n) is 2.23. The van der Waals surface area contributed by atoms with E-state index in [2.05, 4.69) is 22.0 Å². The lowest BCUT2D eigenvalue weighted by molar-refractivity contribution is 0.282. The Labute approximate surface area is 114 Å². The van der Waals surface area contributed by atoms with Gasteiger partial charge in [0.25, 0.3) is 0 Å². The average Bonchev–Trinajstić information content (AvgIpc) is 2.38. The van der Waals surface area contributed by atoms with Gasteiger partial charge in [-0.15, -0.1) is 0 Å². The Morgan fingerprint density at radius 2 is 1.95 bits per heavy atom. The highest BCUT2D eigenvalue weighted by atomic mass is 16.3. The highest BCUT2D eigenvalue weighted by Crippen LogP contribution is 2.22. The molecule has 100 valence electrons. The molecule has 1 heterocycles. The van der Waals surface area contributed by atoms with Gasteiger partial charge in [-0.1, -0.05) is 23.8 Å². The molecular weight excluding hydrogens is 236 g/mol. The molecule has 0 amide bonds. The lowest BCUT2D eigenvalue weighted by atomic mass is 10.1. The van der Waals surface area contributed by atoms with E-state index in [0.29, 0.717) is 0 Å². The van der Waals surface area contributed by atoms with Crippen LogP contribution in [0.2, 0.25) is 0 Å². The van der Waals surface area contributed by atoms with Crippen LogP contribution in [0.5, 0.6) is 0 Å². The summed E-state index contributed by atoms with van der Waals surface area (Å²) in [6.07, 6.45) is 0. The van der Waals surface area contributed by atoms with Crippen LogP contribution in [-0.2, 0) is 13.2 Å². The lowest BCUT2D eigenvalue weighted by Gasteiger charge is -2.22. The quantitative estimate of drug-likeness (QED) is 0.913. The van der Waals surface area contributed by atoms with Gasteiger partial charge in [0.15, 0.2) is 0 Å². The van der Waals surface area contributed by atoms with Crippen LogP contribution >= 0.6 is 0 Å². The van der Waals surface area contributed by atoms with Crippen LogP contribution in [-0.4, -0.2) is 17.1 Å². The topological polar surface area (TPSA) is 36.4 Å². The highest BCUT2D eigenvalue weighted by Gasteiger charge is 2.08. The molecule has 0 aliphatic heterocycles. The second-order valence-corrected chi connectivity index (χ2v) is 4.92. The van der Waals surface area contributed by atoms with Gasteiger partial charge in [-0.25, -0.2) is 0 Å². The molecule has 2 rings (SSSR count). The van der Waals surface area contributed by atoms with Crippen molar-refractivity contribution in [2.45, 2.75) is 27.0 Å². The summed E-state index contributed by atoms with van der Waals surface area (Å²) in [6.45, 7) is 4.82. The molecule has 19 heavy (non-hydrogen) atoms. The van der Waals surface area contributed by atoms with Crippen LogP contribution in [0.25, 0.3) is 0 Å². The SMILES string of the molecule is Cc1ccc(N(C)Cc2cccc(C)n2)c(CO)c1. The molecule has 3 heteroatoms. The van der Waals surface area contributed by atoms with E-state index >= 15 is 0 Å². The first-order chi connectivity index (χ1) is 9.10. The van der Waals surface area contributed by atoms with Crippen molar-refractivity contribution in [2.24, 2.45) is 0 Å². The standard InChI is InChI=1S/C16H20N2O/c1-12-7-8-16(14(9-12)11-19)18(3)10-15-6-4-5-13(2)17-15/h4-9,19H,10-11H2,1-3H3. The first kappa shape index (κ1) is 13.6. The zero-order valence-corrected chi connectivity index (χ0v) is 11.7. The van der Waals surface area contributed by atoms with Crippen molar-refractivity contribution in [1.29, 1.82) is 0 Å². The van der Waals surface area contributed by atoms with Crippen molar-refractivity contribution in [3.05, 3.63) is 58.9 Å². The number of hydrogen-bond acceptors (Lipinski definition) is 3. The number of aromatic nitrogens is 1. The lowest BCUT2D eigenvalue weighted by Crippen LogP contribution is -2.19. The van der Waals surface area contributed by atoms with Crippen molar-refractivity contribution in [2.75, 3.05) is 11.9 Å². The summed E-state index contributed by atoms with van der Waals surface area (Å²) in [5.74, 6) is 0. The molecule has 1 N–H and O–H groups in total. The average molecular weight is 256 g/mol. The predicted molar refractivity (Wildman–Crippen MR) is 78.2 cm³/mol. The molecular formula is C16H20N2O. The molecule has 2 aromatic rings. The molecule has 1 aromatic carbocycles. The van der Waals surface area contributed by atoms with Gasteiger partial charge in [0.1, 0.15) is 0 Å². The van der Waals surface area contributed by atoms with Crippen molar-refractivity contribution >= 4 is 5.69 Å². The van der Waals surface area contributed by atoms with Gasteiger partial charge in [0, 0.05) is 24.0 Å². The van der Waals surface area contributed by atoms with E-state index in [9.17, 15) is 5.11 Å². The Morgan fingerprint density at radius 1 is 1.16 bits per heavy atom. The molecule has 0 saturated carbocycles. The number of benzene rings is 1. The van der Waals surface area contributed by atoms with Gasteiger partial charge in [-0.3, -0.25) is 4.98 Å². The van der Waals surface area contributed by atoms with Gasteiger partial charge in [0.2, 0.25) is 0 Å². The Bertz CT molecular complexity index is 566. The number of aryl methyl sites for hydroxylation is 2.